The van der Waals surface area contributed by atoms with Crippen molar-refractivity contribution in [3.63, 3.8) is 0 Å². The summed E-state index contributed by atoms with van der Waals surface area (Å²) < 4.78 is 0. The van der Waals surface area contributed by atoms with Gasteiger partial charge >= 0.3 is 0 Å². The molecule has 9 nitrogen and oxygen atoms in total. The third kappa shape index (κ3) is 6.95. The molecule has 0 fully saturated rings. The summed E-state index contributed by atoms with van der Waals surface area (Å²) in [5.41, 5.74) is 1.89. The third-order valence-electron chi connectivity index (χ3n) is 1.90. The zero-order valence-corrected chi connectivity index (χ0v) is 13.3. The summed E-state index contributed by atoms with van der Waals surface area (Å²) in [6.07, 6.45) is 0. The highest BCUT2D eigenvalue weighted by atomic mass is 15.5. The molecule has 1 aromatic carbocycles. The highest BCUT2D eigenvalue weighted by molar-refractivity contribution is 5.60. The molecule has 0 aliphatic heterocycles. The van der Waals surface area contributed by atoms with E-state index in [-0.39, 0.29) is 0 Å². The van der Waals surface area contributed by atoms with E-state index in [2.05, 4.69) is 31.0 Å². The largest absolute Gasteiger partial charge is 0.285 e. The van der Waals surface area contributed by atoms with E-state index in [1.54, 1.807) is 75.5 Å². The Kier molecular flexibility index (Phi) is 6.18. The summed E-state index contributed by atoms with van der Waals surface area (Å²) in [6, 6.07) is 5.32. The van der Waals surface area contributed by atoms with Crippen molar-refractivity contribution >= 4 is 17.1 Å². The summed E-state index contributed by atoms with van der Waals surface area (Å²) in [7, 11) is 10.8. The lowest BCUT2D eigenvalue weighted by Crippen LogP contribution is -1.99. The Hall–Kier alpha value is -2.58. The molecule has 0 heterocycles. The number of hydrogen-bond donors (Lipinski definition) is 0. The molecular formula is C12H21N9. The van der Waals surface area contributed by atoms with Gasteiger partial charge in [-0.15, -0.1) is 15.3 Å². The van der Waals surface area contributed by atoms with E-state index in [1.165, 1.54) is 0 Å². The monoisotopic (exact) mass is 291 g/mol. The highest BCUT2D eigenvalue weighted by Gasteiger charge is 2.01. The molecule has 0 spiro atoms. The van der Waals surface area contributed by atoms with Gasteiger partial charge in [-0.05, 0) is 18.2 Å². The zero-order chi connectivity index (χ0) is 15.8. The van der Waals surface area contributed by atoms with Gasteiger partial charge in [-0.25, -0.2) is 0 Å². The van der Waals surface area contributed by atoms with E-state index in [0.717, 1.165) is 0 Å². The molecule has 0 N–H and O–H groups in total. The summed E-state index contributed by atoms with van der Waals surface area (Å²) in [6.45, 7) is 0. The fourth-order valence-corrected chi connectivity index (χ4v) is 1.18. The molecule has 114 valence electrons. The minimum atomic E-state index is 0.631. The van der Waals surface area contributed by atoms with Crippen molar-refractivity contribution in [3.05, 3.63) is 18.2 Å². The average molecular weight is 291 g/mol. The van der Waals surface area contributed by atoms with Gasteiger partial charge in [0.2, 0.25) is 0 Å². The van der Waals surface area contributed by atoms with Crippen LogP contribution >= 0.6 is 0 Å². The maximum Gasteiger partial charge on any atom is 0.0918 e. The molecular weight excluding hydrogens is 270 g/mol. The van der Waals surface area contributed by atoms with Crippen molar-refractivity contribution in [1.82, 2.24) is 15.0 Å². The molecule has 1 aromatic rings. The first-order chi connectivity index (χ1) is 9.86. The van der Waals surface area contributed by atoms with Gasteiger partial charge in [0.25, 0.3) is 0 Å². The number of rotatable bonds is 6. The van der Waals surface area contributed by atoms with Crippen molar-refractivity contribution in [1.29, 1.82) is 0 Å². The molecule has 0 aromatic heterocycles. The lowest BCUT2D eigenvalue weighted by Gasteiger charge is -2.04. The molecule has 0 amide bonds. The lowest BCUT2D eigenvalue weighted by atomic mass is 10.2. The first-order valence-electron chi connectivity index (χ1n) is 6.29. The Labute approximate surface area is 124 Å². The third-order valence-corrected chi connectivity index (χ3v) is 1.90. The Morgan fingerprint density at radius 2 is 0.762 bits per heavy atom. The van der Waals surface area contributed by atoms with Gasteiger partial charge in [-0.2, -0.15) is 0 Å². The van der Waals surface area contributed by atoms with Crippen LogP contribution in [0.25, 0.3) is 0 Å². The van der Waals surface area contributed by atoms with Crippen molar-refractivity contribution < 1.29 is 0 Å². The molecule has 1 rings (SSSR count). The SMILES string of the molecule is CN(C)/N=N/c1cc(/N=N/N(C)C)cc(/N=N/N(C)C)c1. The molecule has 0 bridgehead atoms. The second-order valence-corrected chi connectivity index (χ2v) is 4.82. The van der Waals surface area contributed by atoms with E-state index >= 15 is 0 Å². The Morgan fingerprint density at radius 1 is 0.524 bits per heavy atom. The summed E-state index contributed by atoms with van der Waals surface area (Å²) in [5.74, 6) is 0. The summed E-state index contributed by atoms with van der Waals surface area (Å²) in [4.78, 5) is 0. The molecule has 0 unspecified atom stereocenters. The van der Waals surface area contributed by atoms with Gasteiger partial charge in [0.05, 0.1) is 17.1 Å². The van der Waals surface area contributed by atoms with E-state index in [4.69, 9.17) is 0 Å². The maximum absolute atomic E-state index is 4.10. The lowest BCUT2D eigenvalue weighted by molar-refractivity contribution is 0.407. The summed E-state index contributed by atoms with van der Waals surface area (Å²) >= 11 is 0. The number of benzene rings is 1. The van der Waals surface area contributed by atoms with E-state index < -0.39 is 0 Å². The summed E-state index contributed by atoms with van der Waals surface area (Å²) in [5, 5.41) is 29.0. The quantitative estimate of drug-likeness (QED) is 0.595. The van der Waals surface area contributed by atoms with E-state index in [9.17, 15) is 0 Å². The van der Waals surface area contributed by atoms with Crippen LogP contribution in [0.3, 0.4) is 0 Å². The van der Waals surface area contributed by atoms with Crippen molar-refractivity contribution in [3.8, 4) is 0 Å². The van der Waals surface area contributed by atoms with Crippen LogP contribution < -0.4 is 0 Å². The van der Waals surface area contributed by atoms with Gasteiger partial charge < -0.3 is 0 Å². The first kappa shape index (κ1) is 16.5. The smallest absolute Gasteiger partial charge is 0.0918 e. The Morgan fingerprint density at radius 3 is 0.952 bits per heavy atom. The molecule has 0 aliphatic rings. The van der Waals surface area contributed by atoms with Crippen molar-refractivity contribution in [2.75, 3.05) is 42.3 Å². The number of nitrogens with zero attached hydrogens (tertiary/aromatic N) is 9. The minimum absolute atomic E-state index is 0.631. The van der Waals surface area contributed by atoms with Crippen LogP contribution in [0.1, 0.15) is 0 Å². The van der Waals surface area contributed by atoms with Gasteiger partial charge in [0.15, 0.2) is 0 Å². The molecule has 21 heavy (non-hydrogen) atoms. The fraction of sp³-hybridized carbons (Fsp3) is 0.500. The molecule has 0 radical (unpaired) electrons. The van der Waals surface area contributed by atoms with E-state index in [0.29, 0.717) is 17.1 Å². The predicted molar refractivity (Wildman–Crippen MR) is 81.1 cm³/mol. The van der Waals surface area contributed by atoms with Crippen molar-refractivity contribution in [2.45, 2.75) is 0 Å². The van der Waals surface area contributed by atoms with Crippen molar-refractivity contribution in [2.24, 2.45) is 31.0 Å². The average Bonchev–Trinajstić information content (AvgIpc) is 2.40. The van der Waals surface area contributed by atoms with Crippen LogP contribution in [0.4, 0.5) is 17.1 Å². The Bertz CT molecular complexity index is 443. The maximum atomic E-state index is 4.10. The Balaban J connectivity index is 3.12. The van der Waals surface area contributed by atoms with Crippen LogP contribution in [-0.2, 0) is 0 Å². The molecule has 0 saturated carbocycles. The van der Waals surface area contributed by atoms with Gasteiger partial charge in [0.1, 0.15) is 0 Å². The second kappa shape index (κ2) is 7.88. The van der Waals surface area contributed by atoms with Crippen LogP contribution in [-0.4, -0.2) is 57.3 Å². The minimum Gasteiger partial charge on any atom is -0.285 e. The number of hydrogen-bond acceptors (Lipinski definition) is 6. The predicted octanol–water partition coefficient (Wildman–Crippen LogP) is 3.37. The van der Waals surface area contributed by atoms with Gasteiger partial charge in [-0.3, -0.25) is 15.0 Å². The van der Waals surface area contributed by atoms with Crippen LogP contribution in [0.2, 0.25) is 0 Å². The fourth-order valence-electron chi connectivity index (χ4n) is 1.18. The molecule has 0 saturated heterocycles. The highest BCUT2D eigenvalue weighted by Crippen LogP contribution is 2.29. The molecule has 0 aliphatic carbocycles. The molecule has 0 atom stereocenters. The first-order valence-corrected chi connectivity index (χ1v) is 6.29. The van der Waals surface area contributed by atoms with Crippen LogP contribution in [0.15, 0.2) is 49.2 Å². The zero-order valence-electron chi connectivity index (χ0n) is 13.3. The molecule has 9 heteroatoms. The topological polar surface area (TPSA) is 83.9 Å². The van der Waals surface area contributed by atoms with Crippen LogP contribution in [0, 0.1) is 0 Å². The normalized spacial score (nSPS) is 11.7. The standard InChI is InChI=1S/C12H21N9/c1-19(2)16-13-10-7-11(14-17-20(3)4)9-12(8-10)15-18-21(5)6/h7-9H,1-6H3/b16-13+,17-14+,18-15+. The van der Waals surface area contributed by atoms with Gasteiger partial charge in [-0.1, -0.05) is 15.7 Å². The van der Waals surface area contributed by atoms with E-state index in [1.807, 2.05) is 0 Å². The second-order valence-electron chi connectivity index (χ2n) is 4.82. The van der Waals surface area contributed by atoms with Gasteiger partial charge in [0, 0.05) is 42.3 Å². The van der Waals surface area contributed by atoms with Crippen LogP contribution in [0.5, 0.6) is 0 Å².